The number of allylic oxidation sites excluding steroid dienone is 3. The van der Waals surface area contributed by atoms with Gasteiger partial charge in [0.05, 0.1) is 18.3 Å². The van der Waals surface area contributed by atoms with Crippen molar-refractivity contribution in [2.45, 2.75) is 69.5 Å². The van der Waals surface area contributed by atoms with Gasteiger partial charge in [0, 0.05) is 12.8 Å². The SMILES string of the molecule is C=CC=CCC(O)(CC(O)CCC=CCC(O)CC=CC(C)O)NC(=O)O. The summed E-state index contributed by atoms with van der Waals surface area (Å²) in [5.74, 6) is 0. The Balaban J connectivity index is 4.29. The number of aliphatic hydroxyl groups is 4. The lowest BCUT2D eigenvalue weighted by molar-refractivity contribution is -0.0318. The Morgan fingerprint density at radius 2 is 1.78 bits per heavy atom. The minimum Gasteiger partial charge on any atom is -0.465 e. The van der Waals surface area contributed by atoms with Crippen LogP contribution in [-0.2, 0) is 0 Å². The Kier molecular flexibility index (Phi) is 13.2. The molecule has 0 aliphatic rings. The second-order valence-electron chi connectivity index (χ2n) is 6.53. The minimum absolute atomic E-state index is 0.0182. The first kappa shape index (κ1) is 25.1. The predicted octanol–water partition coefficient (Wildman–Crippen LogP) is 2.24. The van der Waals surface area contributed by atoms with Crippen molar-refractivity contribution in [3.05, 3.63) is 49.1 Å². The van der Waals surface area contributed by atoms with Gasteiger partial charge in [0.25, 0.3) is 0 Å². The summed E-state index contributed by atoms with van der Waals surface area (Å²) in [6, 6.07) is 0. The first-order valence-electron chi connectivity index (χ1n) is 9.05. The van der Waals surface area contributed by atoms with E-state index in [-0.39, 0.29) is 12.8 Å². The lowest BCUT2D eigenvalue weighted by Crippen LogP contribution is -2.49. The van der Waals surface area contributed by atoms with Crippen LogP contribution in [0.4, 0.5) is 4.79 Å². The Hall–Kier alpha value is -1.93. The van der Waals surface area contributed by atoms with Gasteiger partial charge in [0.1, 0.15) is 5.72 Å². The molecule has 4 unspecified atom stereocenters. The molecule has 0 aromatic heterocycles. The van der Waals surface area contributed by atoms with E-state index in [1.54, 1.807) is 31.2 Å². The molecule has 0 aliphatic carbocycles. The number of hydrogen-bond acceptors (Lipinski definition) is 5. The van der Waals surface area contributed by atoms with Gasteiger partial charge in [0.15, 0.2) is 0 Å². The number of amides is 1. The molecule has 7 nitrogen and oxygen atoms in total. The summed E-state index contributed by atoms with van der Waals surface area (Å²) in [5.41, 5.74) is -1.75. The Morgan fingerprint density at radius 1 is 1.11 bits per heavy atom. The molecule has 0 aromatic rings. The van der Waals surface area contributed by atoms with Gasteiger partial charge in [-0.15, -0.1) is 0 Å². The summed E-state index contributed by atoms with van der Waals surface area (Å²) in [4.78, 5) is 10.9. The minimum atomic E-state index is -1.75. The molecule has 6 N–H and O–H groups in total. The van der Waals surface area contributed by atoms with E-state index >= 15 is 0 Å². The van der Waals surface area contributed by atoms with Crippen LogP contribution in [0.1, 0.15) is 45.4 Å². The summed E-state index contributed by atoms with van der Waals surface area (Å²) in [6.07, 6.45) is 9.99. The van der Waals surface area contributed by atoms with Gasteiger partial charge in [-0.3, -0.25) is 5.32 Å². The molecule has 0 rings (SSSR count). The zero-order valence-corrected chi connectivity index (χ0v) is 15.9. The zero-order chi connectivity index (χ0) is 20.7. The molecule has 0 heterocycles. The molecule has 0 saturated carbocycles. The average Bonchev–Trinajstić information content (AvgIpc) is 2.53. The number of carboxylic acid groups (broad SMARTS) is 1. The molecule has 0 spiro atoms. The van der Waals surface area contributed by atoms with E-state index in [0.717, 1.165) is 0 Å². The van der Waals surface area contributed by atoms with Crippen LogP contribution in [0.3, 0.4) is 0 Å². The van der Waals surface area contributed by atoms with E-state index in [0.29, 0.717) is 25.7 Å². The van der Waals surface area contributed by atoms with Crippen molar-refractivity contribution in [3.63, 3.8) is 0 Å². The maximum absolute atomic E-state index is 10.9. The summed E-state index contributed by atoms with van der Waals surface area (Å²) < 4.78 is 0. The van der Waals surface area contributed by atoms with Crippen LogP contribution >= 0.6 is 0 Å². The molecule has 0 aromatic carbocycles. The largest absolute Gasteiger partial charge is 0.465 e. The smallest absolute Gasteiger partial charge is 0.406 e. The highest BCUT2D eigenvalue weighted by Gasteiger charge is 2.30. The molecule has 4 atom stereocenters. The van der Waals surface area contributed by atoms with Crippen LogP contribution in [0.2, 0.25) is 0 Å². The lowest BCUT2D eigenvalue weighted by Gasteiger charge is -2.29. The Bertz CT molecular complexity index is 515. The number of hydrogen-bond donors (Lipinski definition) is 6. The normalized spacial score (nSPS) is 17.8. The zero-order valence-electron chi connectivity index (χ0n) is 15.9. The molecule has 7 heteroatoms. The molecule has 1 amide bonds. The average molecular weight is 383 g/mol. The summed E-state index contributed by atoms with van der Waals surface area (Å²) >= 11 is 0. The predicted molar refractivity (Wildman–Crippen MR) is 105 cm³/mol. The summed E-state index contributed by atoms with van der Waals surface area (Å²) in [6.45, 7) is 5.14. The van der Waals surface area contributed by atoms with Gasteiger partial charge in [0.2, 0.25) is 0 Å². The third-order valence-electron chi connectivity index (χ3n) is 3.70. The molecule has 0 radical (unpaired) electrons. The third-order valence-corrected chi connectivity index (χ3v) is 3.70. The van der Waals surface area contributed by atoms with E-state index in [1.807, 2.05) is 17.5 Å². The van der Waals surface area contributed by atoms with E-state index in [9.17, 15) is 20.1 Å². The standard InChI is InChI=1S/C20H33NO6/c1-3-4-8-14-20(27,21-19(25)26)15-18(24)12-7-5-6-11-17(23)13-9-10-16(2)22/h3-6,8-10,16-18,21-24,27H,1,7,11-15H2,2H3,(H,25,26). The molecule has 27 heavy (non-hydrogen) atoms. The van der Waals surface area contributed by atoms with E-state index < -0.39 is 30.1 Å². The number of rotatable bonds is 14. The quantitative estimate of drug-likeness (QED) is 0.155. The topological polar surface area (TPSA) is 130 Å². The van der Waals surface area contributed by atoms with Crippen LogP contribution in [0.25, 0.3) is 0 Å². The van der Waals surface area contributed by atoms with Crippen molar-refractivity contribution in [2.24, 2.45) is 0 Å². The van der Waals surface area contributed by atoms with Crippen molar-refractivity contribution in [1.82, 2.24) is 5.32 Å². The van der Waals surface area contributed by atoms with Crippen molar-refractivity contribution in [2.75, 3.05) is 0 Å². The van der Waals surface area contributed by atoms with Crippen LogP contribution in [0.15, 0.2) is 49.1 Å². The fraction of sp³-hybridized carbons (Fsp3) is 0.550. The second kappa shape index (κ2) is 14.2. The monoisotopic (exact) mass is 383 g/mol. The molecule has 0 saturated heterocycles. The van der Waals surface area contributed by atoms with Gasteiger partial charge in [-0.1, -0.05) is 49.1 Å². The molecular formula is C20H33NO6. The first-order chi connectivity index (χ1) is 12.7. The molecule has 0 fully saturated rings. The van der Waals surface area contributed by atoms with Crippen molar-refractivity contribution >= 4 is 6.09 Å². The maximum Gasteiger partial charge on any atom is 0.406 e. The Labute approximate surface area is 161 Å². The van der Waals surface area contributed by atoms with Crippen molar-refractivity contribution in [1.29, 1.82) is 0 Å². The van der Waals surface area contributed by atoms with E-state index in [1.165, 1.54) is 6.08 Å². The van der Waals surface area contributed by atoms with Crippen molar-refractivity contribution < 1.29 is 30.3 Å². The lowest BCUT2D eigenvalue weighted by atomic mass is 9.98. The second-order valence-corrected chi connectivity index (χ2v) is 6.53. The Morgan fingerprint density at radius 3 is 2.37 bits per heavy atom. The van der Waals surface area contributed by atoms with Crippen LogP contribution in [0, 0.1) is 0 Å². The van der Waals surface area contributed by atoms with Crippen LogP contribution in [-0.4, -0.2) is 55.7 Å². The number of carbonyl (C=O) groups is 1. The van der Waals surface area contributed by atoms with E-state index in [4.69, 9.17) is 10.2 Å². The van der Waals surface area contributed by atoms with Gasteiger partial charge in [-0.05, 0) is 32.6 Å². The summed E-state index contributed by atoms with van der Waals surface area (Å²) in [5, 5.41) is 50.2. The number of aliphatic hydroxyl groups excluding tert-OH is 3. The molecule has 0 aliphatic heterocycles. The maximum atomic E-state index is 10.9. The van der Waals surface area contributed by atoms with Gasteiger partial charge in [-0.2, -0.15) is 0 Å². The van der Waals surface area contributed by atoms with Gasteiger partial charge < -0.3 is 25.5 Å². The van der Waals surface area contributed by atoms with Crippen LogP contribution in [0.5, 0.6) is 0 Å². The molecule has 154 valence electrons. The molecule has 0 bridgehead atoms. The van der Waals surface area contributed by atoms with Gasteiger partial charge in [-0.25, -0.2) is 4.79 Å². The van der Waals surface area contributed by atoms with Crippen molar-refractivity contribution in [3.8, 4) is 0 Å². The highest BCUT2D eigenvalue weighted by Crippen LogP contribution is 2.18. The van der Waals surface area contributed by atoms with Gasteiger partial charge >= 0.3 is 6.09 Å². The molecular weight excluding hydrogens is 350 g/mol. The number of nitrogens with one attached hydrogen (secondary N) is 1. The first-order valence-corrected chi connectivity index (χ1v) is 9.05. The van der Waals surface area contributed by atoms with E-state index in [2.05, 4.69) is 6.58 Å². The fourth-order valence-electron chi connectivity index (χ4n) is 2.42. The van der Waals surface area contributed by atoms with Crippen LogP contribution < -0.4 is 5.32 Å². The third kappa shape index (κ3) is 14.9. The summed E-state index contributed by atoms with van der Waals surface area (Å²) in [7, 11) is 0. The highest BCUT2D eigenvalue weighted by molar-refractivity contribution is 5.65. The highest BCUT2D eigenvalue weighted by atomic mass is 16.4. The fourth-order valence-corrected chi connectivity index (χ4v) is 2.42.